The van der Waals surface area contributed by atoms with Gasteiger partial charge in [0.2, 0.25) is 0 Å². The van der Waals surface area contributed by atoms with E-state index in [0.717, 1.165) is 23.8 Å². The molecule has 1 N–H and O–H groups in total. The average Bonchev–Trinajstić information content (AvgIpc) is 2.74. The molecule has 0 amide bonds. The summed E-state index contributed by atoms with van der Waals surface area (Å²) in [5, 5.41) is 12.3. The van der Waals surface area contributed by atoms with E-state index in [4.69, 9.17) is 9.84 Å². The normalized spacial score (nSPS) is 12.3. The Kier molecular flexibility index (Phi) is 6.21. The van der Waals surface area contributed by atoms with Crippen LogP contribution in [0.5, 0.6) is 0 Å². The van der Waals surface area contributed by atoms with E-state index in [9.17, 15) is 0 Å². The predicted molar refractivity (Wildman–Crippen MR) is 75.1 cm³/mol. The molecule has 0 unspecified atom stereocenters. The molecule has 0 bridgehead atoms. The SMILES string of the molecule is COCCN(CCO)Cc1nc(C(C)(C)C)cs1. The van der Waals surface area contributed by atoms with Gasteiger partial charge in [-0.25, -0.2) is 4.98 Å². The third kappa shape index (κ3) is 5.02. The molecule has 0 radical (unpaired) electrons. The van der Waals surface area contributed by atoms with Crippen molar-refractivity contribution in [3.63, 3.8) is 0 Å². The summed E-state index contributed by atoms with van der Waals surface area (Å²) in [6.07, 6.45) is 0. The second-order valence-corrected chi connectivity index (χ2v) is 6.31. The number of aliphatic hydroxyl groups excluding tert-OH is 1. The first-order valence-electron chi connectivity index (χ1n) is 6.24. The third-order valence-electron chi connectivity index (χ3n) is 2.71. The van der Waals surface area contributed by atoms with Gasteiger partial charge in [0.15, 0.2) is 0 Å². The zero-order valence-corrected chi connectivity index (χ0v) is 12.6. The van der Waals surface area contributed by atoms with E-state index < -0.39 is 0 Å². The summed E-state index contributed by atoms with van der Waals surface area (Å²) in [6, 6.07) is 0. The summed E-state index contributed by atoms with van der Waals surface area (Å²) in [7, 11) is 1.69. The molecule has 5 heteroatoms. The van der Waals surface area contributed by atoms with E-state index in [0.29, 0.717) is 13.2 Å². The molecule has 1 aromatic rings. The molecule has 1 rings (SSSR count). The minimum absolute atomic E-state index is 0.100. The topological polar surface area (TPSA) is 45.6 Å². The number of hydrogen-bond donors (Lipinski definition) is 1. The molecule has 0 aliphatic rings. The van der Waals surface area contributed by atoms with Crippen molar-refractivity contribution in [1.29, 1.82) is 0 Å². The summed E-state index contributed by atoms with van der Waals surface area (Å²) in [5.41, 5.74) is 1.24. The van der Waals surface area contributed by atoms with Crippen molar-refractivity contribution in [3.05, 3.63) is 16.1 Å². The lowest BCUT2D eigenvalue weighted by Crippen LogP contribution is -2.29. The van der Waals surface area contributed by atoms with Gasteiger partial charge in [0.05, 0.1) is 25.5 Å². The van der Waals surface area contributed by atoms with E-state index in [2.05, 4.69) is 36.0 Å². The van der Waals surface area contributed by atoms with Gasteiger partial charge >= 0.3 is 0 Å². The number of rotatable bonds is 7. The molecule has 18 heavy (non-hydrogen) atoms. The Balaban J connectivity index is 2.60. The van der Waals surface area contributed by atoms with Crippen molar-refractivity contribution in [1.82, 2.24) is 9.88 Å². The van der Waals surface area contributed by atoms with Crippen molar-refractivity contribution in [2.45, 2.75) is 32.7 Å². The Hall–Kier alpha value is -0.490. The van der Waals surface area contributed by atoms with Gasteiger partial charge in [0, 0.05) is 31.0 Å². The number of nitrogens with zero attached hydrogens (tertiary/aromatic N) is 2. The Morgan fingerprint density at radius 1 is 1.39 bits per heavy atom. The van der Waals surface area contributed by atoms with Crippen LogP contribution < -0.4 is 0 Å². The predicted octanol–water partition coefficient (Wildman–Crippen LogP) is 1.88. The first kappa shape index (κ1) is 15.6. The lowest BCUT2D eigenvalue weighted by molar-refractivity contribution is 0.126. The first-order chi connectivity index (χ1) is 8.47. The quantitative estimate of drug-likeness (QED) is 0.823. The second-order valence-electron chi connectivity index (χ2n) is 5.37. The fourth-order valence-electron chi connectivity index (χ4n) is 1.55. The van der Waals surface area contributed by atoms with Crippen molar-refractivity contribution in [2.75, 3.05) is 33.4 Å². The summed E-state index contributed by atoms with van der Waals surface area (Å²) < 4.78 is 5.08. The maximum atomic E-state index is 9.05. The molecule has 0 spiro atoms. The van der Waals surface area contributed by atoms with Crippen LogP contribution in [0.2, 0.25) is 0 Å². The van der Waals surface area contributed by atoms with Crippen molar-refractivity contribution < 1.29 is 9.84 Å². The van der Waals surface area contributed by atoms with Crippen LogP contribution in [0.25, 0.3) is 0 Å². The van der Waals surface area contributed by atoms with Gasteiger partial charge in [-0.15, -0.1) is 11.3 Å². The lowest BCUT2D eigenvalue weighted by atomic mass is 9.93. The van der Waals surface area contributed by atoms with E-state index in [1.165, 1.54) is 0 Å². The van der Waals surface area contributed by atoms with E-state index >= 15 is 0 Å². The number of aromatic nitrogens is 1. The molecule has 4 nitrogen and oxygen atoms in total. The van der Waals surface area contributed by atoms with Gasteiger partial charge in [0.1, 0.15) is 5.01 Å². The minimum Gasteiger partial charge on any atom is -0.395 e. The van der Waals surface area contributed by atoms with Crippen LogP contribution in [0.3, 0.4) is 0 Å². The minimum atomic E-state index is 0.100. The number of ether oxygens (including phenoxy) is 1. The fourth-order valence-corrected chi connectivity index (χ4v) is 2.61. The van der Waals surface area contributed by atoms with E-state index in [-0.39, 0.29) is 12.0 Å². The van der Waals surface area contributed by atoms with Gasteiger partial charge in [-0.05, 0) is 0 Å². The highest BCUT2D eigenvalue weighted by Gasteiger charge is 2.18. The fraction of sp³-hybridized carbons (Fsp3) is 0.769. The van der Waals surface area contributed by atoms with Crippen LogP contribution in [0.15, 0.2) is 5.38 Å². The van der Waals surface area contributed by atoms with Gasteiger partial charge in [-0.3, -0.25) is 4.90 Å². The molecule has 0 saturated carbocycles. The molecular formula is C13H24N2O2S. The Morgan fingerprint density at radius 2 is 2.11 bits per heavy atom. The molecule has 104 valence electrons. The van der Waals surface area contributed by atoms with Crippen LogP contribution in [-0.2, 0) is 16.7 Å². The Morgan fingerprint density at radius 3 is 2.61 bits per heavy atom. The highest BCUT2D eigenvalue weighted by Crippen LogP contribution is 2.24. The van der Waals surface area contributed by atoms with Crippen LogP contribution in [0, 0.1) is 0 Å². The summed E-state index contributed by atoms with van der Waals surface area (Å²) in [6.45, 7) is 9.62. The number of aliphatic hydroxyl groups is 1. The molecule has 1 aromatic heterocycles. The maximum Gasteiger partial charge on any atom is 0.107 e. The average molecular weight is 272 g/mol. The van der Waals surface area contributed by atoms with Crippen LogP contribution >= 0.6 is 11.3 Å². The van der Waals surface area contributed by atoms with Crippen molar-refractivity contribution in [3.8, 4) is 0 Å². The second kappa shape index (κ2) is 7.19. The van der Waals surface area contributed by atoms with Crippen LogP contribution in [0.1, 0.15) is 31.5 Å². The molecule has 0 saturated heterocycles. The summed E-state index contributed by atoms with van der Waals surface area (Å²) in [4.78, 5) is 6.83. The Labute approximate surface area is 114 Å². The molecular weight excluding hydrogens is 248 g/mol. The monoisotopic (exact) mass is 272 g/mol. The van der Waals surface area contributed by atoms with Crippen molar-refractivity contribution in [2.24, 2.45) is 0 Å². The van der Waals surface area contributed by atoms with Gasteiger partial charge < -0.3 is 9.84 Å². The molecule has 1 heterocycles. The third-order valence-corrected chi connectivity index (χ3v) is 3.54. The van der Waals surface area contributed by atoms with E-state index in [1.54, 1.807) is 18.4 Å². The standard InChI is InChI=1S/C13H24N2O2S/c1-13(2,3)11-10-18-12(14-11)9-15(5-7-16)6-8-17-4/h10,16H,5-9H2,1-4H3. The smallest absolute Gasteiger partial charge is 0.107 e. The highest BCUT2D eigenvalue weighted by atomic mass is 32.1. The number of hydrogen-bond acceptors (Lipinski definition) is 5. The van der Waals surface area contributed by atoms with Gasteiger partial charge in [0.25, 0.3) is 0 Å². The van der Waals surface area contributed by atoms with Gasteiger partial charge in [-0.2, -0.15) is 0 Å². The molecule has 0 atom stereocenters. The molecule has 0 aromatic carbocycles. The van der Waals surface area contributed by atoms with Crippen molar-refractivity contribution >= 4 is 11.3 Å². The van der Waals surface area contributed by atoms with E-state index in [1.807, 2.05) is 0 Å². The Bertz CT molecular complexity index is 347. The summed E-state index contributed by atoms with van der Waals surface area (Å²) in [5.74, 6) is 0. The first-order valence-corrected chi connectivity index (χ1v) is 7.12. The van der Waals surface area contributed by atoms with Gasteiger partial charge in [-0.1, -0.05) is 20.8 Å². The lowest BCUT2D eigenvalue weighted by Gasteiger charge is -2.19. The summed E-state index contributed by atoms with van der Waals surface area (Å²) >= 11 is 1.69. The molecule has 0 aliphatic carbocycles. The largest absolute Gasteiger partial charge is 0.395 e. The van der Waals surface area contributed by atoms with Crippen LogP contribution in [-0.4, -0.2) is 48.4 Å². The zero-order chi connectivity index (χ0) is 13.6. The zero-order valence-electron chi connectivity index (χ0n) is 11.8. The number of methoxy groups -OCH3 is 1. The molecule has 0 fully saturated rings. The van der Waals surface area contributed by atoms with Crippen LogP contribution in [0.4, 0.5) is 0 Å². The molecule has 0 aliphatic heterocycles. The number of thiazole rings is 1. The maximum absolute atomic E-state index is 9.05. The highest BCUT2D eigenvalue weighted by molar-refractivity contribution is 7.09.